The SMILES string of the molecule is CCOc1cc(C=NN=C2NC(=O)C(CC(=O)O)S2)cc(Cl)c1OC(C)C. The zero-order chi connectivity index (χ0) is 20.0. The van der Waals surface area contributed by atoms with Gasteiger partial charge in [0.25, 0.3) is 0 Å². The highest BCUT2D eigenvalue weighted by atomic mass is 35.5. The van der Waals surface area contributed by atoms with Crippen LogP contribution in [0.2, 0.25) is 5.02 Å². The first-order valence-corrected chi connectivity index (χ1v) is 9.49. The van der Waals surface area contributed by atoms with Crippen LogP contribution in [0.1, 0.15) is 32.8 Å². The normalized spacial score (nSPS) is 18.3. The Morgan fingerprint density at radius 2 is 2.22 bits per heavy atom. The van der Waals surface area contributed by atoms with Gasteiger partial charge >= 0.3 is 5.97 Å². The predicted octanol–water partition coefficient (Wildman–Crippen LogP) is 2.92. The Hall–Kier alpha value is -2.26. The highest BCUT2D eigenvalue weighted by Gasteiger charge is 2.32. The van der Waals surface area contributed by atoms with Crippen LogP contribution < -0.4 is 14.8 Å². The van der Waals surface area contributed by atoms with Gasteiger partial charge in [-0.15, -0.1) is 5.10 Å². The number of ether oxygens (including phenoxy) is 2. The van der Waals surface area contributed by atoms with Crippen molar-refractivity contribution >= 4 is 46.6 Å². The summed E-state index contributed by atoms with van der Waals surface area (Å²) in [6.45, 7) is 6.08. The molecule has 27 heavy (non-hydrogen) atoms. The van der Waals surface area contributed by atoms with Crippen LogP contribution in [0.4, 0.5) is 0 Å². The molecule has 0 aliphatic carbocycles. The number of rotatable bonds is 8. The van der Waals surface area contributed by atoms with Gasteiger partial charge in [0, 0.05) is 5.56 Å². The zero-order valence-corrected chi connectivity index (χ0v) is 16.6. The summed E-state index contributed by atoms with van der Waals surface area (Å²) in [4.78, 5) is 22.4. The van der Waals surface area contributed by atoms with Crippen molar-refractivity contribution in [2.24, 2.45) is 10.2 Å². The molecule has 2 N–H and O–H groups in total. The van der Waals surface area contributed by atoms with Crippen LogP contribution >= 0.6 is 23.4 Å². The number of carboxylic acids is 1. The summed E-state index contributed by atoms with van der Waals surface area (Å²) in [5, 5.41) is 19.0. The fourth-order valence-electron chi connectivity index (χ4n) is 2.17. The van der Waals surface area contributed by atoms with E-state index in [4.69, 9.17) is 26.2 Å². The number of nitrogens with one attached hydrogen (secondary N) is 1. The van der Waals surface area contributed by atoms with Crippen LogP contribution in [0, 0.1) is 0 Å². The third-order valence-electron chi connectivity index (χ3n) is 3.18. The smallest absolute Gasteiger partial charge is 0.305 e. The van der Waals surface area contributed by atoms with Crippen molar-refractivity contribution in [3.8, 4) is 11.5 Å². The first-order valence-electron chi connectivity index (χ1n) is 8.23. The Labute approximate surface area is 166 Å². The maximum absolute atomic E-state index is 11.7. The van der Waals surface area contributed by atoms with E-state index in [0.29, 0.717) is 28.7 Å². The lowest BCUT2D eigenvalue weighted by atomic mass is 10.2. The molecule has 1 unspecified atom stereocenters. The number of carboxylic acid groups (broad SMARTS) is 1. The van der Waals surface area contributed by atoms with Crippen molar-refractivity contribution in [1.29, 1.82) is 0 Å². The molecule has 2 rings (SSSR count). The number of carbonyl (C=O) groups excluding carboxylic acids is 1. The minimum Gasteiger partial charge on any atom is -0.490 e. The van der Waals surface area contributed by atoms with Gasteiger partial charge in [0.1, 0.15) is 5.25 Å². The standard InChI is InChI=1S/C17H20ClN3O5S/c1-4-25-12-6-10(5-11(18)15(12)26-9(2)3)8-19-21-17-20-16(24)13(27-17)7-14(22)23/h5-6,8-9,13H,4,7H2,1-3H3,(H,22,23)(H,20,21,24). The van der Waals surface area contributed by atoms with Gasteiger partial charge in [0.15, 0.2) is 16.7 Å². The average Bonchev–Trinajstić information content (AvgIpc) is 2.90. The topological polar surface area (TPSA) is 110 Å². The lowest BCUT2D eigenvalue weighted by Gasteiger charge is -2.16. The molecule has 1 atom stereocenters. The molecule has 0 radical (unpaired) electrons. The van der Waals surface area contributed by atoms with Crippen LogP contribution in [0.25, 0.3) is 0 Å². The molecule has 0 bridgehead atoms. The van der Waals surface area contributed by atoms with Crippen molar-refractivity contribution in [2.45, 2.75) is 38.5 Å². The minimum atomic E-state index is -1.05. The van der Waals surface area contributed by atoms with E-state index in [1.807, 2.05) is 20.8 Å². The number of halogens is 1. The Kier molecular flexibility index (Phi) is 7.49. The van der Waals surface area contributed by atoms with E-state index in [9.17, 15) is 9.59 Å². The molecule has 1 aliphatic heterocycles. The summed E-state index contributed by atoms with van der Waals surface area (Å²) in [6.07, 6.45) is 1.12. The van der Waals surface area contributed by atoms with Crippen molar-refractivity contribution in [3.63, 3.8) is 0 Å². The van der Waals surface area contributed by atoms with Gasteiger partial charge in [-0.3, -0.25) is 9.59 Å². The fourth-order valence-corrected chi connectivity index (χ4v) is 3.35. The lowest BCUT2D eigenvalue weighted by Crippen LogP contribution is -2.26. The van der Waals surface area contributed by atoms with Gasteiger partial charge in [-0.2, -0.15) is 5.10 Å². The van der Waals surface area contributed by atoms with Crippen LogP contribution in [-0.4, -0.2) is 46.3 Å². The van der Waals surface area contributed by atoms with Gasteiger partial charge in [-0.1, -0.05) is 23.4 Å². The number of nitrogens with zero attached hydrogens (tertiary/aromatic N) is 2. The Balaban J connectivity index is 2.15. The molecular formula is C17H20ClN3O5S. The highest BCUT2D eigenvalue weighted by molar-refractivity contribution is 8.15. The third-order valence-corrected chi connectivity index (χ3v) is 4.53. The second-order valence-electron chi connectivity index (χ2n) is 5.77. The number of amidine groups is 1. The number of hydrogen-bond acceptors (Lipinski definition) is 7. The number of hydrogen-bond donors (Lipinski definition) is 2. The molecule has 10 heteroatoms. The quantitative estimate of drug-likeness (QED) is 0.501. The maximum Gasteiger partial charge on any atom is 0.305 e. The number of benzene rings is 1. The number of aliphatic carboxylic acids is 1. The summed E-state index contributed by atoms with van der Waals surface area (Å²) in [6, 6.07) is 3.39. The number of amides is 1. The summed E-state index contributed by atoms with van der Waals surface area (Å²) in [7, 11) is 0. The average molecular weight is 414 g/mol. The first-order chi connectivity index (χ1) is 12.8. The fraction of sp³-hybridized carbons (Fsp3) is 0.412. The van der Waals surface area contributed by atoms with Gasteiger partial charge in [-0.05, 0) is 32.9 Å². The molecule has 1 heterocycles. The van der Waals surface area contributed by atoms with Crippen LogP contribution in [-0.2, 0) is 9.59 Å². The molecule has 0 aromatic heterocycles. The van der Waals surface area contributed by atoms with Crippen molar-refractivity contribution in [1.82, 2.24) is 5.32 Å². The Morgan fingerprint density at radius 3 is 2.85 bits per heavy atom. The summed E-state index contributed by atoms with van der Waals surface area (Å²) >= 11 is 7.32. The zero-order valence-electron chi connectivity index (χ0n) is 15.1. The van der Waals surface area contributed by atoms with Crippen molar-refractivity contribution < 1.29 is 24.2 Å². The number of thioether (sulfide) groups is 1. The van der Waals surface area contributed by atoms with E-state index in [1.54, 1.807) is 12.1 Å². The minimum absolute atomic E-state index is 0.0608. The second-order valence-corrected chi connectivity index (χ2v) is 7.37. The molecule has 146 valence electrons. The van der Waals surface area contributed by atoms with E-state index in [1.165, 1.54) is 6.21 Å². The van der Waals surface area contributed by atoms with Crippen LogP contribution in [0.3, 0.4) is 0 Å². The van der Waals surface area contributed by atoms with Gasteiger partial charge < -0.3 is 19.9 Å². The van der Waals surface area contributed by atoms with Crippen LogP contribution in [0.15, 0.2) is 22.3 Å². The van der Waals surface area contributed by atoms with Crippen molar-refractivity contribution in [3.05, 3.63) is 22.7 Å². The van der Waals surface area contributed by atoms with Crippen LogP contribution in [0.5, 0.6) is 11.5 Å². The summed E-state index contributed by atoms with van der Waals surface area (Å²) < 4.78 is 11.3. The summed E-state index contributed by atoms with van der Waals surface area (Å²) in [5.41, 5.74) is 0.639. The number of carbonyl (C=O) groups is 2. The lowest BCUT2D eigenvalue weighted by molar-refractivity contribution is -0.138. The Bertz CT molecular complexity index is 782. The van der Waals surface area contributed by atoms with E-state index in [2.05, 4.69) is 15.5 Å². The maximum atomic E-state index is 11.7. The molecular weight excluding hydrogens is 394 g/mol. The molecule has 0 spiro atoms. The van der Waals surface area contributed by atoms with Gasteiger partial charge in [-0.25, -0.2) is 0 Å². The molecule has 1 amide bonds. The molecule has 1 aromatic carbocycles. The predicted molar refractivity (Wildman–Crippen MR) is 105 cm³/mol. The Morgan fingerprint density at radius 1 is 1.48 bits per heavy atom. The van der Waals surface area contributed by atoms with Gasteiger partial charge in [0.2, 0.25) is 5.91 Å². The molecule has 1 aliphatic rings. The largest absolute Gasteiger partial charge is 0.490 e. The molecule has 1 saturated heterocycles. The molecule has 8 nitrogen and oxygen atoms in total. The summed E-state index contributed by atoms with van der Waals surface area (Å²) in [5.74, 6) is -0.479. The van der Waals surface area contributed by atoms with E-state index < -0.39 is 17.1 Å². The molecule has 1 aromatic rings. The second kappa shape index (κ2) is 9.61. The highest BCUT2D eigenvalue weighted by Crippen LogP contribution is 2.37. The monoisotopic (exact) mass is 413 g/mol. The van der Waals surface area contributed by atoms with E-state index >= 15 is 0 Å². The molecule has 1 fully saturated rings. The van der Waals surface area contributed by atoms with E-state index in [0.717, 1.165) is 11.8 Å². The third kappa shape index (κ3) is 6.14. The molecule has 0 saturated carbocycles. The van der Waals surface area contributed by atoms with E-state index in [-0.39, 0.29) is 17.7 Å². The van der Waals surface area contributed by atoms with Crippen molar-refractivity contribution in [2.75, 3.05) is 6.61 Å². The van der Waals surface area contributed by atoms with Gasteiger partial charge in [0.05, 0.1) is 30.4 Å². The first kappa shape index (κ1) is 21.0.